The van der Waals surface area contributed by atoms with Crippen molar-refractivity contribution in [3.8, 4) is 0 Å². The average molecular weight is 477 g/mol. The highest BCUT2D eigenvalue weighted by atomic mass is 19.1. The van der Waals surface area contributed by atoms with Crippen molar-refractivity contribution in [1.82, 2.24) is 9.88 Å². The second-order valence-electron chi connectivity index (χ2n) is 8.46. The molecule has 0 unspecified atom stereocenters. The quantitative estimate of drug-likeness (QED) is 0.272. The van der Waals surface area contributed by atoms with Crippen molar-refractivity contribution in [2.24, 2.45) is 5.92 Å². The first kappa shape index (κ1) is 24.2. The van der Waals surface area contributed by atoms with Crippen LogP contribution in [0.3, 0.4) is 0 Å². The predicted octanol–water partition coefficient (Wildman–Crippen LogP) is 4.37. The van der Waals surface area contributed by atoms with Crippen molar-refractivity contribution in [2.45, 2.75) is 12.8 Å². The summed E-state index contributed by atoms with van der Waals surface area (Å²) in [6.45, 7) is 2.43. The van der Waals surface area contributed by atoms with Crippen LogP contribution in [0.4, 0.5) is 15.8 Å². The topological polar surface area (TPSA) is 96.7 Å². The Kier molecular flexibility index (Phi) is 7.57. The van der Waals surface area contributed by atoms with Gasteiger partial charge in [-0.05, 0) is 74.5 Å². The zero-order valence-corrected chi connectivity index (χ0v) is 19.0. The Bertz CT molecular complexity index is 1180. The maximum Gasteiger partial charge on any atom is 0.269 e. The number of hydrogen-bond donors (Lipinski definition) is 0. The summed E-state index contributed by atoms with van der Waals surface area (Å²) in [5.41, 5.74) is 1.44. The number of hydrogen-bond acceptors (Lipinski definition) is 6. The molecule has 1 fully saturated rings. The number of likely N-dealkylation sites (tertiary alicyclic amines) is 1. The Morgan fingerprint density at radius 1 is 1.03 bits per heavy atom. The fraction of sp³-hybridized carbons (Fsp3) is 0.269. The number of ketones is 1. The second kappa shape index (κ2) is 11.0. The molecule has 1 saturated heterocycles. The van der Waals surface area contributed by atoms with Gasteiger partial charge in [0.1, 0.15) is 5.82 Å². The molecule has 0 bridgehead atoms. The first-order valence-corrected chi connectivity index (χ1v) is 11.4. The first-order chi connectivity index (χ1) is 16.9. The molecule has 4 rings (SSSR count). The van der Waals surface area contributed by atoms with Crippen LogP contribution in [0.25, 0.3) is 0 Å². The van der Waals surface area contributed by atoms with Gasteiger partial charge in [0.2, 0.25) is 0 Å². The molecular weight excluding hydrogens is 451 g/mol. The number of carbonyl (C=O) groups is 2. The number of benzene rings is 2. The molecule has 0 saturated carbocycles. The Labute approximate surface area is 202 Å². The number of amides is 1. The zero-order chi connectivity index (χ0) is 24.8. The van der Waals surface area contributed by atoms with E-state index in [4.69, 9.17) is 0 Å². The summed E-state index contributed by atoms with van der Waals surface area (Å²) in [4.78, 5) is 44.4. The van der Waals surface area contributed by atoms with Gasteiger partial charge in [0.05, 0.1) is 16.8 Å². The lowest BCUT2D eigenvalue weighted by Crippen LogP contribution is -2.43. The highest BCUT2D eigenvalue weighted by Crippen LogP contribution is 2.23. The summed E-state index contributed by atoms with van der Waals surface area (Å²) in [6.07, 6.45) is 4.62. The normalized spacial score (nSPS) is 14.4. The molecule has 35 heavy (non-hydrogen) atoms. The lowest BCUT2D eigenvalue weighted by molar-refractivity contribution is -0.384. The molecular formula is C26H25FN4O4. The fourth-order valence-electron chi connectivity index (χ4n) is 4.25. The van der Waals surface area contributed by atoms with E-state index in [9.17, 15) is 24.1 Å². The zero-order valence-electron chi connectivity index (χ0n) is 19.0. The number of nitrogens with zero attached hydrogens (tertiary/aromatic N) is 4. The van der Waals surface area contributed by atoms with Crippen molar-refractivity contribution in [2.75, 3.05) is 31.1 Å². The van der Waals surface area contributed by atoms with Gasteiger partial charge in [0.15, 0.2) is 5.78 Å². The third-order valence-corrected chi connectivity index (χ3v) is 6.25. The summed E-state index contributed by atoms with van der Waals surface area (Å²) < 4.78 is 13.2. The average Bonchev–Trinajstić information content (AvgIpc) is 2.90. The maximum absolute atomic E-state index is 13.3. The molecule has 1 amide bonds. The first-order valence-electron chi connectivity index (χ1n) is 11.4. The third-order valence-electron chi connectivity index (χ3n) is 6.25. The van der Waals surface area contributed by atoms with Crippen LogP contribution in [0.2, 0.25) is 0 Å². The number of nitro benzene ring substituents is 1. The number of carbonyl (C=O) groups excluding carboxylic acids is 2. The van der Waals surface area contributed by atoms with Gasteiger partial charge >= 0.3 is 0 Å². The minimum Gasteiger partial charge on any atom is -0.306 e. The van der Waals surface area contributed by atoms with Crippen LogP contribution in [0.5, 0.6) is 0 Å². The Balaban J connectivity index is 1.39. The van der Waals surface area contributed by atoms with E-state index in [1.165, 1.54) is 48.5 Å². The van der Waals surface area contributed by atoms with Gasteiger partial charge in [0, 0.05) is 48.5 Å². The van der Waals surface area contributed by atoms with Gasteiger partial charge in [-0.2, -0.15) is 0 Å². The monoisotopic (exact) mass is 476 g/mol. The van der Waals surface area contributed by atoms with Gasteiger partial charge in [-0.25, -0.2) is 4.39 Å². The standard InChI is InChI=1S/C26H25FN4O4/c27-22-7-3-19(4-8-22)25(32)20-11-14-29(15-12-20)16-17-30(24-2-1-13-28-18-24)26(33)21-5-9-23(10-6-21)31(34)35/h1-10,13,18,20H,11-12,14-17H2. The minimum absolute atomic E-state index is 0.0370. The molecule has 0 N–H and O–H groups in total. The van der Waals surface area contributed by atoms with E-state index in [2.05, 4.69) is 9.88 Å². The Hall–Kier alpha value is -3.98. The van der Waals surface area contributed by atoms with Crippen molar-refractivity contribution >= 4 is 23.1 Å². The molecule has 0 spiro atoms. The number of Topliss-reactive ketones (excluding diaryl/α,β-unsaturated/α-hetero) is 1. The Morgan fingerprint density at radius 3 is 2.29 bits per heavy atom. The van der Waals surface area contributed by atoms with Crippen LogP contribution in [-0.2, 0) is 0 Å². The highest BCUT2D eigenvalue weighted by Gasteiger charge is 2.27. The number of aromatic nitrogens is 1. The maximum atomic E-state index is 13.3. The molecule has 1 aliphatic heterocycles. The van der Waals surface area contributed by atoms with E-state index in [-0.39, 0.29) is 29.1 Å². The largest absolute Gasteiger partial charge is 0.306 e. The smallest absolute Gasteiger partial charge is 0.269 e. The summed E-state index contributed by atoms with van der Waals surface area (Å²) >= 11 is 0. The molecule has 3 aromatic rings. The van der Waals surface area contributed by atoms with Crippen molar-refractivity contribution < 1.29 is 18.9 Å². The van der Waals surface area contributed by atoms with Gasteiger partial charge in [-0.3, -0.25) is 24.7 Å². The van der Waals surface area contributed by atoms with E-state index in [1.54, 1.807) is 29.4 Å². The highest BCUT2D eigenvalue weighted by molar-refractivity contribution is 6.06. The number of nitro groups is 1. The van der Waals surface area contributed by atoms with Crippen molar-refractivity contribution in [1.29, 1.82) is 0 Å². The molecule has 2 aromatic carbocycles. The lowest BCUT2D eigenvalue weighted by atomic mass is 9.89. The fourth-order valence-corrected chi connectivity index (χ4v) is 4.25. The Morgan fingerprint density at radius 2 is 1.69 bits per heavy atom. The molecule has 1 aromatic heterocycles. The number of rotatable bonds is 8. The van der Waals surface area contributed by atoms with Crippen LogP contribution in [0.1, 0.15) is 33.6 Å². The van der Waals surface area contributed by atoms with Crippen LogP contribution < -0.4 is 4.90 Å². The summed E-state index contributed by atoms with van der Waals surface area (Å²) in [6, 6.07) is 14.7. The number of pyridine rings is 1. The van der Waals surface area contributed by atoms with Gasteiger partial charge in [-0.1, -0.05) is 0 Å². The van der Waals surface area contributed by atoms with Gasteiger partial charge in [-0.15, -0.1) is 0 Å². The molecule has 180 valence electrons. The van der Waals surface area contributed by atoms with Crippen molar-refractivity contribution in [3.63, 3.8) is 0 Å². The van der Waals surface area contributed by atoms with Crippen LogP contribution in [0, 0.1) is 21.8 Å². The molecule has 0 atom stereocenters. The van der Waals surface area contributed by atoms with E-state index >= 15 is 0 Å². The summed E-state index contributed by atoms with van der Waals surface area (Å²) in [5.74, 6) is -0.699. The number of anilines is 1. The van der Waals surface area contributed by atoms with Crippen LogP contribution in [-0.4, -0.2) is 52.7 Å². The number of piperidine rings is 1. The third kappa shape index (κ3) is 5.93. The van der Waals surface area contributed by atoms with Crippen LogP contribution in [0.15, 0.2) is 73.1 Å². The van der Waals surface area contributed by atoms with E-state index in [1.807, 2.05) is 0 Å². The van der Waals surface area contributed by atoms with Gasteiger partial charge < -0.3 is 9.80 Å². The van der Waals surface area contributed by atoms with Gasteiger partial charge in [0.25, 0.3) is 11.6 Å². The second-order valence-corrected chi connectivity index (χ2v) is 8.46. The van der Waals surface area contributed by atoms with E-state index in [0.717, 1.165) is 0 Å². The lowest BCUT2D eigenvalue weighted by Gasteiger charge is -2.33. The molecule has 2 heterocycles. The van der Waals surface area contributed by atoms with E-state index in [0.29, 0.717) is 55.8 Å². The molecule has 0 radical (unpaired) electrons. The number of halogens is 1. The van der Waals surface area contributed by atoms with Crippen molar-refractivity contribution in [3.05, 3.63) is 100 Å². The minimum atomic E-state index is -0.502. The molecule has 1 aliphatic rings. The molecule has 8 nitrogen and oxygen atoms in total. The summed E-state index contributed by atoms with van der Waals surface area (Å²) in [7, 11) is 0. The van der Waals surface area contributed by atoms with E-state index < -0.39 is 4.92 Å². The number of non-ortho nitro benzene ring substituents is 1. The predicted molar refractivity (Wildman–Crippen MR) is 129 cm³/mol. The molecule has 0 aliphatic carbocycles. The summed E-state index contributed by atoms with van der Waals surface area (Å²) in [5, 5.41) is 10.9. The SMILES string of the molecule is O=C(c1ccc(F)cc1)C1CCN(CCN(C(=O)c2ccc([N+](=O)[O-])cc2)c2cccnc2)CC1. The van der Waals surface area contributed by atoms with Crippen LogP contribution >= 0.6 is 0 Å². The molecule has 9 heteroatoms.